The second kappa shape index (κ2) is 7.17. The van der Waals surface area contributed by atoms with E-state index in [1.807, 2.05) is 24.0 Å². The second-order valence-electron chi connectivity index (χ2n) is 5.31. The first-order chi connectivity index (χ1) is 10.1. The summed E-state index contributed by atoms with van der Waals surface area (Å²) in [6, 6.07) is 3.82. The van der Waals surface area contributed by atoms with Crippen LogP contribution in [0.3, 0.4) is 0 Å². The Kier molecular flexibility index (Phi) is 5.27. The van der Waals surface area contributed by atoms with Gasteiger partial charge >= 0.3 is 5.97 Å². The van der Waals surface area contributed by atoms with Crippen molar-refractivity contribution < 1.29 is 14.7 Å². The van der Waals surface area contributed by atoms with Gasteiger partial charge in [-0.2, -0.15) is 0 Å². The Labute approximate surface area is 124 Å². The maximum absolute atomic E-state index is 12.3. The Bertz CT molecular complexity index is 511. The minimum Gasteiger partial charge on any atom is -0.481 e. The summed E-state index contributed by atoms with van der Waals surface area (Å²) in [5.74, 6) is -0.686. The molecule has 21 heavy (non-hydrogen) atoms. The predicted octanol–water partition coefficient (Wildman–Crippen LogP) is 0.551. The Morgan fingerprint density at radius 2 is 2.00 bits per heavy atom. The maximum Gasteiger partial charge on any atom is 0.304 e. The van der Waals surface area contributed by atoms with Crippen molar-refractivity contribution in [2.45, 2.75) is 19.8 Å². The van der Waals surface area contributed by atoms with Gasteiger partial charge in [-0.05, 0) is 18.6 Å². The number of carboxylic acid groups (broad SMARTS) is 1. The summed E-state index contributed by atoms with van der Waals surface area (Å²) in [5.41, 5.74) is 1.86. The van der Waals surface area contributed by atoms with Crippen molar-refractivity contribution in [1.29, 1.82) is 0 Å². The van der Waals surface area contributed by atoms with Gasteiger partial charge in [-0.1, -0.05) is 6.07 Å². The molecule has 0 unspecified atom stereocenters. The predicted molar refractivity (Wildman–Crippen MR) is 78.0 cm³/mol. The number of carboxylic acids is 1. The van der Waals surface area contributed by atoms with E-state index in [2.05, 4.69) is 9.88 Å². The van der Waals surface area contributed by atoms with Crippen LogP contribution in [0.5, 0.6) is 0 Å². The van der Waals surface area contributed by atoms with Crippen LogP contribution in [0.4, 0.5) is 0 Å². The number of rotatable bonds is 5. The van der Waals surface area contributed by atoms with Crippen LogP contribution in [-0.4, -0.2) is 64.5 Å². The number of nitrogens with zero attached hydrogens (tertiary/aromatic N) is 3. The molecule has 0 aromatic carbocycles. The first-order valence-corrected chi connectivity index (χ1v) is 7.18. The molecule has 1 saturated heterocycles. The standard InChI is InChI=1S/C15H21N3O3/c1-12-3-2-5-16-13(12)11-14(19)18-9-7-17(8-10-18)6-4-15(20)21/h2-3,5H,4,6-11H2,1H3,(H,20,21). The van der Waals surface area contributed by atoms with Crippen LogP contribution in [0.1, 0.15) is 17.7 Å². The average Bonchev–Trinajstić information content (AvgIpc) is 2.48. The zero-order chi connectivity index (χ0) is 15.2. The average molecular weight is 291 g/mol. The summed E-state index contributed by atoms with van der Waals surface area (Å²) in [4.78, 5) is 31.0. The molecule has 0 bridgehead atoms. The summed E-state index contributed by atoms with van der Waals surface area (Å²) in [6.07, 6.45) is 2.20. The molecular weight excluding hydrogens is 270 g/mol. The highest BCUT2D eigenvalue weighted by molar-refractivity contribution is 5.78. The van der Waals surface area contributed by atoms with E-state index in [1.165, 1.54) is 0 Å². The molecule has 2 heterocycles. The second-order valence-corrected chi connectivity index (χ2v) is 5.31. The third-order valence-corrected chi connectivity index (χ3v) is 3.80. The fourth-order valence-electron chi connectivity index (χ4n) is 2.43. The van der Waals surface area contributed by atoms with E-state index in [9.17, 15) is 9.59 Å². The normalized spacial score (nSPS) is 16.0. The molecule has 1 aromatic heterocycles. The van der Waals surface area contributed by atoms with Crippen molar-refractivity contribution in [3.8, 4) is 0 Å². The zero-order valence-corrected chi connectivity index (χ0v) is 12.3. The number of aromatic nitrogens is 1. The van der Waals surface area contributed by atoms with Gasteiger partial charge in [0.05, 0.1) is 18.5 Å². The smallest absolute Gasteiger partial charge is 0.304 e. The summed E-state index contributed by atoms with van der Waals surface area (Å²) in [7, 11) is 0. The fourth-order valence-corrected chi connectivity index (χ4v) is 2.43. The summed E-state index contributed by atoms with van der Waals surface area (Å²) < 4.78 is 0. The molecule has 1 aromatic rings. The number of carbonyl (C=O) groups excluding carboxylic acids is 1. The SMILES string of the molecule is Cc1cccnc1CC(=O)N1CCN(CCC(=O)O)CC1. The van der Waals surface area contributed by atoms with Gasteiger partial charge in [-0.15, -0.1) is 0 Å². The molecule has 1 fully saturated rings. The Morgan fingerprint density at radius 3 is 2.62 bits per heavy atom. The lowest BCUT2D eigenvalue weighted by atomic mass is 10.1. The quantitative estimate of drug-likeness (QED) is 0.857. The van der Waals surface area contributed by atoms with E-state index in [0.717, 1.165) is 24.3 Å². The molecule has 0 saturated carbocycles. The molecule has 6 nitrogen and oxygen atoms in total. The number of carbonyl (C=O) groups is 2. The van der Waals surface area contributed by atoms with Crippen molar-refractivity contribution in [2.24, 2.45) is 0 Å². The van der Waals surface area contributed by atoms with Gasteiger partial charge in [0.15, 0.2) is 0 Å². The zero-order valence-electron chi connectivity index (χ0n) is 12.3. The van der Waals surface area contributed by atoms with Crippen molar-refractivity contribution >= 4 is 11.9 Å². The Morgan fingerprint density at radius 1 is 1.29 bits per heavy atom. The molecule has 1 N–H and O–H groups in total. The minimum absolute atomic E-state index is 0.0923. The number of hydrogen-bond acceptors (Lipinski definition) is 4. The van der Waals surface area contributed by atoms with Gasteiger partial charge in [0.25, 0.3) is 0 Å². The molecule has 0 aliphatic carbocycles. The highest BCUT2D eigenvalue weighted by Crippen LogP contribution is 2.09. The van der Waals surface area contributed by atoms with Crippen molar-refractivity contribution in [3.05, 3.63) is 29.6 Å². The fraction of sp³-hybridized carbons (Fsp3) is 0.533. The molecule has 0 spiro atoms. The highest BCUT2D eigenvalue weighted by atomic mass is 16.4. The molecule has 1 amide bonds. The van der Waals surface area contributed by atoms with Crippen molar-refractivity contribution in [3.63, 3.8) is 0 Å². The molecule has 6 heteroatoms. The van der Waals surface area contributed by atoms with E-state index in [-0.39, 0.29) is 12.3 Å². The molecule has 0 radical (unpaired) electrons. The first kappa shape index (κ1) is 15.4. The molecular formula is C15H21N3O3. The number of aryl methyl sites for hydroxylation is 1. The number of hydrogen-bond donors (Lipinski definition) is 1. The van der Waals surface area contributed by atoms with E-state index < -0.39 is 5.97 Å². The lowest BCUT2D eigenvalue weighted by Gasteiger charge is -2.34. The van der Waals surface area contributed by atoms with Gasteiger partial charge in [0.2, 0.25) is 5.91 Å². The van der Waals surface area contributed by atoms with E-state index in [4.69, 9.17) is 5.11 Å². The summed E-state index contributed by atoms with van der Waals surface area (Å²) >= 11 is 0. The lowest BCUT2D eigenvalue weighted by molar-refractivity contribution is -0.138. The van der Waals surface area contributed by atoms with Crippen LogP contribution in [-0.2, 0) is 16.0 Å². The molecule has 0 atom stereocenters. The van der Waals surface area contributed by atoms with Crippen LogP contribution >= 0.6 is 0 Å². The number of aliphatic carboxylic acids is 1. The Balaban J connectivity index is 1.81. The first-order valence-electron chi connectivity index (χ1n) is 7.18. The molecule has 1 aliphatic rings. The van der Waals surface area contributed by atoms with Gasteiger partial charge in [0, 0.05) is 38.9 Å². The molecule has 2 rings (SSSR count). The van der Waals surface area contributed by atoms with Crippen LogP contribution in [0.25, 0.3) is 0 Å². The van der Waals surface area contributed by atoms with Crippen LogP contribution in [0.15, 0.2) is 18.3 Å². The monoisotopic (exact) mass is 291 g/mol. The van der Waals surface area contributed by atoms with Crippen LogP contribution in [0, 0.1) is 6.92 Å². The number of pyridine rings is 1. The Hall–Kier alpha value is -1.95. The molecule has 114 valence electrons. The van der Waals surface area contributed by atoms with Gasteiger partial charge in [-0.3, -0.25) is 19.5 Å². The van der Waals surface area contributed by atoms with E-state index in [0.29, 0.717) is 26.1 Å². The minimum atomic E-state index is -0.779. The lowest BCUT2D eigenvalue weighted by Crippen LogP contribution is -2.49. The maximum atomic E-state index is 12.3. The van der Waals surface area contributed by atoms with Crippen molar-refractivity contribution in [2.75, 3.05) is 32.7 Å². The van der Waals surface area contributed by atoms with Gasteiger partial charge in [-0.25, -0.2) is 0 Å². The largest absolute Gasteiger partial charge is 0.481 e. The highest BCUT2D eigenvalue weighted by Gasteiger charge is 2.21. The van der Waals surface area contributed by atoms with Crippen LogP contribution in [0.2, 0.25) is 0 Å². The van der Waals surface area contributed by atoms with Crippen LogP contribution < -0.4 is 0 Å². The van der Waals surface area contributed by atoms with Gasteiger partial charge in [0.1, 0.15) is 0 Å². The van der Waals surface area contributed by atoms with Gasteiger partial charge < -0.3 is 10.0 Å². The third-order valence-electron chi connectivity index (χ3n) is 3.80. The summed E-state index contributed by atoms with van der Waals surface area (Å²) in [6.45, 7) is 5.30. The third kappa shape index (κ3) is 4.53. The summed E-state index contributed by atoms with van der Waals surface area (Å²) in [5, 5.41) is 8.68. The van der Waals surface area contributed by atoms with Crippen molar-refractivity contribution in [1.82, 2.24) is 14.8 Å². The number of piperazine rings is 1. The molecule has 1 aliphatic heterocycles. The number of amides is 1. The topological polar surface area (TPSA) is 73.7 Å². The van der Waals surface area contributed by atoms with E-state index >= 15 is 0 Å². The van der Waals surface area contributed by atoms with E-state index in [1.54, 1.807) is 6.20 Å².